The predicted molar refractivity (Wildman–Crippen MR) is 109 cm³/mol. The summed E-state index contributed by atoms with van der Waals surface area (Å²) in [7, 11) is 0. The largest absolute Gasteiger partial charge is 0.325 e. The minimum atomic E-state index is -0.291. The third kappa shape index (κ3) is 4.46. The van der Waals surface area contributed by atoms with Crippen LogP contribution in [-0.2, 0) is 17.8 Å². The molecule has 0 saturated carbocycles. The first-order valence-electron chi connectivity index (χ1n) is 9.39. The number of benzene rings is 2. The van der Waals surface area contributed by atoms with E-state index in [2.05, 4.69) is 15.7 Å². The molecule has 0 bridgehead atoms. The maximum absolute atomic E-state index is 13.2. The molecule has 0 radical (unpaired) electrons. The van der Waals surface area contributed by atoms with Gasteiger partial charge in [-0.3, -0.25) is 4.79 Å². The smallest absolute Gasteiger partial charge is 0.228 e. The zero-order chi connectivity index (χ0) is 20.1. The minimum Gasteiger partial charge on any atom is -0.325 e. The molecule has 146 valence electrons. The average Bonchev–Trinajstić information content (AvgIpc) is 2.96. The lowest BCUT2D eigenvalue weighted by atomic mass is 10.1. The van der Waals surface area contributed by atoms with Crippen LogP contribution >= 0.6 is 0 Å². The molecule has 6 heteroatoms. The van der Waals surface area contributed by atoms with Crippen LogP contribution in [0.3, 0.4) is 0 Å². The maximum atomic E-state index is 13.2. The number of nitrogens with zero attached hydrogens (tertiary/aromatic N) is 2. The van der Waals surface area contributed by atoms with E-state index in [1.54, 1.807) is 16.8 Å². The Balaban J connectivity index is 1.77. The fourth-order valence-electron chi connectivity index (χ4n) is 3.18. The molecule has 3 aromatic rings. The summed E-state index contributed by atoms with van der Waals surface area (Å²) in [6.07, 6.45) is 0.231. The van der Waals surface area contributed by atoms with Crippen LogP contribution in [0.1, 0.15) is 29.4 Å². The van der Waals surface area contributed by atoms with Crippen LogP contribution in [-0.4, -0.2) is 22.2 Å². The molecule has 5 nitrogen and oxygen atoms in total. The van der Waals surface area contributed by atoms with E-state index in [1.807, 2.05) is 45.0 Å². The average molecular weight is 380 g/mol. The first-order chi connectivity index (χ1) is 13.5. The number of aromatic nitrogens is 2. The number of aryl methyl sites for hydroxylation is 1. The first-order valence-corrected chi connectivity index (χ1v) is 9.39. The van der Waals surface area contributed by atoms with Crippen molar-refractivity contribution in [3.05, 3.63) is 76.9 Å². The van der Waals surface area contributed by atoms with E-state index >= 15 is 0 Å². The van der Waals surface area contributed by atoms with Gasteiger partial charge in [0.15, 0.2) is 0 Å². The molecule has 1 aromatic heterocycles. The highest BCUT2D eigenvalue weighted by atomic mass is 19.1. The lowest BCUT2D eigenvalue weighted by molar-refractivity contribution is -0.115. The molecule has 1 heterocycles. The Kier molecular flexibility index (Phi) is 6.21. The molecule has 0 fully saturated rings. The topological polar surface area (TPSA) is 58.9 Å². The molecule has 0 saturated heterocycles. The second-order valence-corrected chi connectivity index (χ2v) is 6.70. The normalized spacial score (nSPS) is 10.9. The second-order valence-electron chi connectivity index (χ2n) is 6.70. The van der Waals surface area contributed by atoms with Gasteiger partial charge < -0.3 is 10.6 Å². The third-order valence-corrected chi connectivity index (χ3v) is 4.71. The van der Waals surface area contributed by atoms with Crippen molar-refractivity contribution in [2.45, 2.75) is 33.7 Å². The van der Waals surface area contributed by atoms with Crippen LogP contribution in [0.5, 0.6) is 0 Å². The predicted octanol–water partition coefficient (Wildman–Crippen LogP) is 3.92. The first kappa shape index (κ1) is 19.8. The van der Waals surface area contributed by atoms with E-state index < -0.39 is 0 Å². The summed E-state index contributed by atoms with van der Waals surface area (Å²) >= 11 is 0. The molecular weight excluding hydrogens is 355 g/mol. The molecule has 0 aliphatic rings. The summed E-state index contributed by atoms with van der Waals surface area (Å²) in [4.78, 5) is 12.7. The van der Waals surface area contributed by atoms with E-state index in [4.69, 9.17) is 0 Å². The summed E-state index contributed by atoms with van der Waals surface area (Å²) in [6, 6.07) is 13.9. The van der Waals surface area contributed by atoms with E-state index in [9.17, 15) is 9.18 Å². The lowest BCUT2D eigenvalue weighted by Gasteiger charge is -2.11. The van der Waals surface area contributed by atoms with Gasteiger partial charge in [-0.2, -0.15) is 5.10 Å². The van der Waals surface area contributed by atoms with Gasteiger partial charge >= 0.3 is 0 Å². The molecule has 1 amide bonds. The molecule has 0 spiro atoms. The zero-order valence-electron chi connectivity index (χ0n) is 16.4. The van der Waals surface area contributed by atoms with Crippen molar-refractivity contribution in [1.82, 2.24) is 15.1 Å². The number of anilines is 1. The van der Waals surface area contributed by atoms with Gasteiger partial charge in [-0.1, -0.05) is 25.1 Å². The summed E-state index contributed by atoms with van der Waals surface area (Å²) in [5.74, 6) is -0.380. The van der Waals surface area contributed by atoms with Gasteiger partial charge in [0.1, 0.15) is 5.82 Å². The summed E-state index contributed by atoms with van der Waals surface area (Å²) in [6.45, 7) is 7.42. The number of rotatable bonds is 7. The van der Waals surface area contributed by atoms with Gasteiger partial charge in [0.2, 0.25) is 5.91 Å². The van der Waals surface area contributed by atoms with Crippen molar-refractivity contribution in [3.8, 4) is 5.69 Å². The van der Waals surface area contributed by atoms with Gasteiger partial charge in [-0.15, -0.1) is 0 Å². The van der Waals surface area contributed by atoms with E-state index in [0.29, 0.717) is 6.54 Å². The number of hydrogen-bond acceptors (Lipinski definition) is 3. The Bertz CT molecular complexity index is 963. The van der Waals surface area contributed by atoms with Crippen LogP contribution in [0, 0.1) is 19.7 Å². The Morgan fingerprint density at radius 2 is 1.82 bits per heavy atom. The highest BCUT2D eigenvalue weighted by molar-refractivity contribution is 5.93. The van der Waals surface area contributed by atoms with Gasteiger partial charge in [-0.05, 0) is 56.3 Å². The Labute approximate surface area is 164 Å². The number of hydrogen-bond donors (Lipinski definition) is 2. The third-order valence-electron chi connectivity index (χ3n) is 4.71. The Morgan fingerprint density at radius 3 is 2.54 bits per heavy atom. The monoisotopic (exact) mass is 380 g/mol. The molecule has 0 atom stereocenters. The van der Waals surface area contributed by atoms with Gasteiger partial charge in [0.05, 0.1) is 17.8 Å². The van der Waals surface area contributed by atoms with Gasteiger partial charge in [0, 0.05) is 23.5 Å². The van der Waals surface area contributed by atoms with E-state index in [1.165, 1.54) is 12.1 Å². The number of carbonyl (C=O) groups excluding carboxylic acids is 1. The van der Waals surface area contributed by atoms with Crippen LogP contribution in [0.25, 0.3) is 5.69 Å². The van der Waals surface area contributed by atoms with E-state index in [0.717, 1.165) is 40.4 Å². The highest BCUT2D eigenvalue weighted by Gasteiger charge is 2.16. The number of nitrogens with one attached hydrogen (secondary N) is 2. The van der Waals surface area contributed by atoms with Crippen LogP contribution in [0.2, 0.25) is 0 Å². The summed E-state index contributed by atoms with van der Waals surface area (Å²) in [5, 5.41) is 10.8. The molecule has 0 aliphatic carbocycles. The fraction of sp³-hybridized carbons (Fsp3) is 0.273. The van der Waals surface area contributed by atoms with E-state index in [-0.39, 0.29) is 18.1 Å². The van der Waals surface area contributed by atoms with Crippen LogP contribution < -0.4 is 10.6 Å². The van der Waals surface area contributed by atoms with Crippen molar-refractivity contribution >= 4 is 11.6 Å². The second kappa shape index (κ2) is 8.80. The SMILES string of the molecule is CCNCc1ccccc1NC(=O)Cc1c(C)nn(-c2ccc(F)cc2)c1C. The Morgan fingerprint density at radius 1 is 1.11 bits per heavy atom. The van der Waals surface area contributed by atoms with Gasteiger partial charge in [0.25, 0.3) is 0 Å². The van der Waals surface area contributed by atoms with Crippen LogP contribution in [0.4, 0.5) is 10.1 Å². The lowest BCUT2D eigenvalue weighted by Crippen LogP contribution is -2.18. The van der Waals surface area contributed by atoms with Crippen molar-refractivity contribution in [2.75, 3.05) is 11.9 Å². The number of carbonyl (C=O) groups is 1. The highest BCUT2D eigenvalue weighted by Crippen LogP contribution is 2.20. The van der Waals surface area contributed by atoms with Crippen molar-refractivity contribution in [2.24, 2.45) is 0 Å². The molecule has 0 unspecified atom stereocenters. The summed E-state index contributed by atoms with van der Waals surface area (Å²) < 4.78 is 14.9. The number of halogens is 1. The summed E-state index contributed by atoms with van der Waals surface area (Å²) in [5.41, 5.74) is 5.18. The molecule has 3 rings (SSSR count). The molecule has 2 aromatic carbocycles. The molecule has 0 aliphatic heterocycles. The number of para-hydroxylation sites is 1. The van der Waals surface area contributed by atoms with Gasteiger partial charge in [-0.25, -0.2) is 9.07 Å². The minimum absolute atomic E-state index is 0.0891. The van der Waals surface area contributed by atoms with Crippen molar-refractivity contribution in [3.63, 3.8) is 0 Å². The maximum Gasteiger partial charge on any atom is 0.228 e. The van der Waals surface area contributed by atoms with Crippen molar-refractivity contribution < 1.29 is 9.18 Å². The number of amides is 1. The fourth-order valence-corrected chi connectivity index (χ4v) is 3.18. The quantitative estimate of drug-likeness (QED) is 0.653. The van der Waals surface area contributed by atoms with Crippen molar-refractivity contribution in [1.29, 1.82) is 0 Å². The molecule has 28 heavy (non-hydrogen) atoms. The molecule has 2 N–H and O–H groups in total. The molecular formula is C22H25FN4O. The standard InChI is InChI=1S/C22H25FN4O/c1-4-24-14-17-7-5-6-8-21(17)25-22(28)13-20-15(2)26-27(16(20)3)19-11-9-18(23)10-12-19/h5-12,24H,4,13-14H2,1-3H3,(H,25,28). The van der Waals surface area contributed by atoms with Crippen LogP contribution in [0.15, 0.2) is 48.5 Å². The Hall–Kier alpha value is -2.99. The zero-order valence-corrected chi connectivity index (χ0v) is 16.4.